The van der Waals surface area contributed by atoms with E-state index < -0.39 is 5.95 Å². The van der Waals surface area contributed by atoms with E-state index in [0.29, 0.717) is 0 Å². The van der Waals surface area contributed by atoms with Crippen molar-refractivity contribution in [2.45, 2.75) is 0 Å². The van der Waals surface area contributed by atoms with Crippen molar-refractivity contribution in [3.05, 3.63) is 17.8 Å². The summed E-state index contributed by atoms with van der Waals surface area (Å²) in [6, 6.07) is 1.71. The van der Waals surface area contributed by atoms with Crippen molar-refractivity contribution in [2.75, 3.05) is 14.1 Å². The van der Waals surface area contributed by atoms with Gasteiger partial charge in [0.25, 0.3) is 0 Å². The molecule has 14 heavy (non-hydrogen) atoms. The smallest absolute Gasteiger partial charge is 0.232 e. The van der Waals surface area contributed by atoms with E-state index in [-0.39, 0.29) is 11.5 Å². The molecule has 0 bridgehead atoms. The van der Waals surface area contributed by atoms with E-state index in [2.05, 4.69) is 15.0 Å². The molecule has 0 aromatic carbocycles. The van der Waals surface area contributed by atoms with Crippen LogP contribution in [-0.4, -0.2) is 35.3 Å². The largest absolute Gasteiger partial charge is 0.369 e. The van der Waals surface area contributed by atoms with Gasteiger partial charge in [-0.15, -0.1) is 0 Å². The molecular weight excluding hydrogens is 185 g/mol. The molecule has 1 heterocycles. The topological polar surface area (TPSA) is 65.2 Å². The summed E-state index contributed by atoms with van der Waals surface area (Å²) >= 11 is 0. The first kappa shape index (κ1) is 10.1. The van der Waals surface area contributed by atoms with Crippen LogP contribution < -0.4 is 0 Å². The van der Waals surface area contributed by atoms with Gasteiger partial charge in [0, 0.05) is 14.1 Å². The van der Waals surface area contributed by atoms with Gasteiger partial charge in [-0.25, -0.2) is 15.0 Å². The minimum Gasteiger partial charge on any atom is -0.369 e. The Morgan fingerprint density at radius 3 is 2.93 bits per heavy atom. The maximum Gasteiger partial charge on any atom is 0.232 e. The predicted molar refractivity (Wildman–Crippen MR) is 48.5 cm³/mol. The monoisotopic (exact) mass is 193 g/mol. The summed E-state index contributed by atoms with van der Waals surface area (Å²) < 4.78 is 12.5. The molecule has 0 aliphatic heterocycles. The van der Waals surface area contributed by atoms with Crippen molar-refractivity contribution in [1.82, 2.24) is 14.9 Å². The van der Waals surface area contributed by atoms with Crippen molar-refractivity contribution in [1.29, 1.82) is 5.26 Å². The van der Waals surface area contributed by atoms with Crippen LogP contribution in [0.1, 0.15) is 5.69 Å². The highest BCUT2D eigenvalue weighted by molar-refractivity contribution is 5.60. The molecule has 0 spiro atoms. The van der Waals surface area contributed by atoms with Crippen LogP contribution in [0.2, 0.25) is 0 Å². The van der Waals surface area contributed by atoms with E-state index in [0.717, 1.165) is 6.20 Å². The van der Waals surface area contributed by atoms with Crippen LogP contribution in [0.5, 0.6) is 0 Å². The van der Waals surface area contributed by atoms with Crippen LogP contribution in [-0.2, 0) is 0 Å². The van der Waals surface area contributed by atoms with Crippen LogP contribution >= 0.6 is 0 Å². The lowest BCUT2D eigenvalue weighted by molar-refractivity contribution is 0.575. The Kier molecular flexibility index (Phi) is 3.07. The van der Waals surface area contributed by atoms with Gasteiger partial charge in [0.05, 0.1) is 12.5 Å². The molecule has 0 saturated carbocycles. The molecule has 0 saturated heterocycles. The van der Waals surface area contributed by atoms with E-state index in [1.54, 1.807) is 25.1 Å². The molecule has 0 atom stereocenters. The molecule has 72 valence electrons. The quantitative estimate of drug-likeness (QED) is 0.512. The molecule has 0 amide bonds. The fourth-order valence-electron chi connectivity index (χ4n) is 0.701. The van der Waals surface area contributed by atoms with Gasteiger partial charge < -0.3 is 4.90 Å². The Hall–Kier alpha value is -2.03. The first-order chi connectivity index (χ1) is 6.63. The predicted octanol–water partition coefficient (Wildman–Crippen LogP) is 0.709. The second kappa shape index (κ2) is 4.28. The maximum absolute atomic E-state index is 12.5. The minimum atomic E-state index is -0.787. The Bertz CT molecular complexity index is 393. The molecular formula is C8H8FN5. The van der Waals surface area contributed by atoms with E-state index in [4.69, 9.17) is 5.26 Å². The number of aliphatic imine (C=N–C) groups is 1. The molecule has 1 aromatic rings. The highest BCUT2D eigenvalue weighted by atomic mass is 19.1. The molecule has 1 aromatic heterocycles. The fraction of sp³-hybridized carbons (Fsp3) is 0.250. The third-order valence-electron chi connectivity index (χ3n) is 1.24. The molecule has 0 aliphatic carbocycles. The molecule has 0 aliphatic rings. The van der Waals surface area contributed by atoms with Crippen LogP contribution in [0, 0.1) is 17.3 Å². The first-order valence-corrected chi connectivity index (χ1v) is 3.76. The third kappa shape index (κ3) is 2.48. The number of hydrogen-bond donors (Lipinski definition) is 0. The Morgan fingerprint density at radius 2 is 2.36 bits per heavy atom. The Balaban J connectivity index is 3.04. The van der Waals surface area contributed by atoms with Gasteiger partial charge in [-0.3, -0.25) is 0 Å². The van der Waals surface area contributed by atoms with E-state index in [9.17, 15) is 4.39 Å². The van der Waals surface area contributed by atoms with E-state index in [1.807, 2.05) is 0 Å². The lowest BCUT2D eigenvalue weighted by Gasteiger charge is -2.01. The summed E-state index contributed by atoms with van der Waals surface area (Å²) in [5.41, 5.74) is -0.122. The number of hydrogen-bond acceptors (Lipinski definition) is 4. The van der Waals surface area contributed by atoms with E-state index >= 15 is 0 Å². The summed E-state index contributed by atoms with van der Waals surface area (Å²) in [5, 5.41) is 8.60. The van der Waals surface area contributed by atoms with Crippen molar-refractivity contribution < 1.29 is 4.39 Å². The molecule has 6 heteroatoms. The normalized spacial score (nSPS) is 10.1. The first-order valence-electron chi connectivity index (χ1n) is 3.76. The van der Waals surface area contributed by atoms with Crippen LogP contribution in [0.25, 0.3) is 0 Å². The van der Waals surface area contributed by atoms with Gasteiger partial charge in [-0.1, -0.05) is 0 Å². The summed E-state index contributed by atoms with van der Waals surface area (Å²) in [6.07, 6.45) is 2.38. The fourth-order valence-corrected chi connectivity index (χ4v) is 0.701. The van der Waals surface area contributed by atoms with Gasteiger partial charge in [0.2, 0.25) is 5.95 Å². The van der Waals surface area contributed by atoms with Crippen LogP contribution in [0.3, 0.4) is 0 Å². The highest BCUT2D eigenvalue weighted by Gasteiger charge is 2.04. The van der Waals surface area contributed by atoms with Crippen molar-refractivity contribution in [3.8, 4) is 6.07 Å². The third-order valence-corrected chi connectivity index (χ3v) is 1.24. The Morgan fingerprint density at radius 1 is 1.64 bits per heavy atom. The Labute approximate surface area is 80.5 Å². The zero-order valence-corrected chi connectivity index (χ0v) is 7.77. The molecule has 0 fully saturated rings. The summed E-state index contributed by atoms with van der Waals surface area (Å²) in [4.78, 5) is 12.5. The van der Waals surface area contributed by atoms with Gasteiger partial charge in [-0.05, 0) is 0 Å². The molecule has 1 rings (SSSR count). The summed E-state index contributed by atoms with van der Waals surface area (Å²) in [7, 11) is 3.54. The second-order valence-electron chi connectivity index (χ2n) is 2.68. The van der Waals surface area contributed by atoms with Gasteiger partial charge in [0.15, 0.2) is 11.5 Å². The SMILES string of the molecule is CN(C)C=Nc1ncc(F)nc1C#N. The van der Waals surface area contributed by atoms with Crippen molar-refractivity contribution in [2.24, 2.45) is 4.99 Å². The number of nitriles is 1. The number of aromatic nitrogens is 2. The molecule has 5 nitrogen and oxygen atoms in total. The average molecular weight is 193 g/mol. The van der Waals surface area contributed by atoms with Gasteiger partial charge >= 0.3 is 0 Å². The van der Waals surface area contributed by atoms with Crippen LogP contribution in [0.15, 0.2) is 11.2 Å². The van der Waals surface area contributed by atoms with Gasteiger partial charge in [0.1, 0.15) is 6.07 Å². The van der Waals surface area contributed by atoms with Crippen molar-refractivity contribution >= 4 is 12.2 Å². The highest BCUT2D eigenvalue weighted by Crippen LogP contribution is 2.11. The minimum absolute atomic E-state index is 0.114. The second-order valence-corrected chi connectivity index (χ2v) is 2.68. The summed E-state index contributed by atoms with van der Waals surface area (Å²) in [6.45, 7) is 0. The maximum atomic E-state index is 12.5. The number of rotatable bonds is 2. The molecule has 0 radical (unpaired) electrons. The van der Waals surface area contributed by atoms with Crippen LogP contribution in [0.4, 0.5) is 10.2 Å². The standard InChI is InChI=1S/C8H8FN5/c1-14(2)5-12-8-6(3-10)13-7(9)4-11-8/h4-5H,1-2H3. The zero-order valence-electron chi connectivity index (χ0n) is 7.77. The lowest BCUT2D eigenvalue weighted by Crippen LogP contribution is -2.07. The lowest BCUT2D eigenvalue weighted by atomic mass is 10.4. The van der Waals surface area contributed by atoms with E-state index in [1.165, 1.54) is 6.34 Å². The number of halogens is 1. The summed E-state index contributed by atoms with van der Waals surface area (Å²) in [5.74, 6) is -0.673. The zero-order chi connectivity index (χ0) is 10.6. The average Bonchev–Trinajstić information content (AvgIpc) is 2.15. The molecule has 0 unspecified atom stereocenters. The number of nitrogens with zero attached hydrogens (tertiary/aromatic N) is 5. The van der Waals surface area contributed by atoms with Gasteiger partial charge in [-0.2, -0.15) is 9.65 Å². The van der Waals surface area contributed by atoms with Crippen molar-refractivity contribution in [3.63, 3.8) is 0 Å². The molecule has 0 N–H and O–H groups in total.